The third-order valence-corrected chi connectivity index (χ3v) is 5.15. The highest BCUT2D eigenvalue weighted by atomic mass is 16.6. The van der Waals surface area contributed by atoms with Gasteiger partial charge in [-0.3, -0.25) is 19.7 Å². The molecule has 8 nitrogen and oxygen atoms in total. The van der Waals surface area contributed by atoms with Gasteiger partial charge in [-0.2, -0.15) is 0 Å². The first kappa shape index (κ1) is 20.8. The number of rotatable bonds is 4. The summed E-state index contributed by atoms with van der Waals surface area (Å²) in [4.78, 5) is 38.4. The van der Waals surface area contributed by atoms with Gasteiger partial charge in [0.15, 0.2) is 5.75 Å². The minimum absolute atomic E-state index is 0.103. The molecule has 4 rings (SSSR count). The van der Waals surface area contributed by atoms with Gasteiger partial charge in [0.25, 0.3) is 11.8 Å². The van der Waals surface area contributed by atoms with E-state index in [1.165, 1.54) is 19.3 Å². The van der Waals surface area contributed by atoms with Crippen molar-refractivity contribution < 1.29 is 24.4 Å². The largest absolute Gasteiger partial charge is 0.500 e. The Bertz CT molecular complexity index is 1310. The van der Waals surface area contributed by atoms with Gasteiger partial charge in [0.2, 0.25) is 5.75 Å². The van der Waals surface area contributed by atoms with E-state index < -0.39 is 28.2 Å². The van der Waals surface area contributed by atoms with Gasteiger partial charge in [-0.25, -0.2) is 4.90 Å². The van der Waals surface area contributed by atoms with Crippen molar-refractivity contribution in [3.63, 3.8) is 0 Å². The summed E-state index contributed by atoms with van der Waals surface area (Å²) < 4.78 is 5.05. The van der Waals surface area contributed by atoms with Crippen LogP contribution in [0.4, 0.5) is 11.4 Å². The summed E-state index contributed by atoms with van der Waals surface area (Å²) >= 11 is 0. The summed E-state index contributed by atoms with van der Waals surface area (Å²) in [5.74, 6) is -1.72. The van der Waals surface area contributed by atoms with Crippen molar-refractivity contribution in [3.8, 4) is 11.5 Å². The lowest BCUT2D eigenvalue weighted by molar-refractivity contribution is -0.386. The first-order chi connectivity index (χ1) is 15.3. The van der Waals surface area contributed by atoms with Crippen LogP contribution in [-0.4, -0.2) is 29.0 Å². The maximum atomic E-state index is 13.5. The number of phenolic OH excluding ortho intramolecular Hbond substituents is 1. The van der Waals surface area contributed by atoms with E-state index in [4.69, 9.17) is 4.74 Å². The van der Waals surface area contributed by atoms with Gasteiger partial charge < -0.3 is 9.84 Å². The lowest BCUT2D eigenvalue weighted by Gasteiger charge is -2.29. The van der Waals surface area contributed by atoms with Crippen LogP contribution in [0.3, 0.4) is 0 Å². The Morgan fingerprint density at radius 1 is 1.00 bits per heavy atom. The molecule has 2 amide bonds. The zero-order chi connectivity index (χ0) is 23.0. The Labute approximate surface area is 183 Å². The standard InChI is InChI=1S/C24H18N2O6/c1-14-6-5-7-16(10-14)25-23(28)18-9-4-3-8-17(18)19(24(25)29)11-15-12-20(26(30)31)22(27)21(13-15)32-2/h3-13,27H,1-2H3/b19-11-. The summed E-state index contributed by atoms with van der Waals surface area (Å²) in [5, 5.41) is 21.4. The first-order valence-corrected chi connectivity index (χ1v) is 9.63. The van der Waals surface area contributed by atoms with Crippen LogP contribution >= 0.6 is 0 Å². The molecule has 1 N–H and O–H groups in total. The number of nitro groups is 1. The molecule has 3 aromatic carbocycles. The van der Waals surface area contributed by atoms with Gasteiger partial charge in [0.1, 0.15) is 0 Å². The molecule has 8 heteroatoms. The lowest BCUT2D eigenvalue weighted by atomic mass is 9.91. The number of aromatic hydroxyl groups is 1. The van der Waals surface area contributed by atoms with Gasteiger partial charge in [0.05, 0.1) is 17.7 Å². The zero-order valence-electron chi connectivity index (χ0n) is 17.2. The van der Waals surface area contributed by atoms with Gasteiger partial charge >= 0.3 is 5.69 Å². The Morgan fingerprint density at radius 2 is 1.72 bits per heavy atom. The number of nitro benzene ring substituents is 1. The third kappa shape index (κ3) is 3.47. The van der Waals surface area contributed by atoms with Gasteiger partial charge in [0, 0.05) is 17.2 Å². The smallest absolute Gasteiger partial charge is 0.315 e. The van der Waals surface area contributed by atoms with E-state index in [-0.39, 0.29) is 16.9 Å². The molecule has 0 aromatic heterocycles. The van der Waals surface area contributed by atoms with Crippen molar-refractivity contribution in [1.29, 1.82) is 0 Å². The van der Waals surface area contributed by atoms with Crippen LogP contribution in [-0.2, 0) is 4.79 Å². The van der Waals surface area contributed by atoms with Crippen LogP contribution in [0.15, 0.2) is 60.7 Å². The van der Waals surface area contributed by atoms with Crippen molar-refractivity contribution in [3.05, 3.63) is 93.0 Å². The molecule has 1 aliphatic rings. The molecular formula is C24H18N2O6. The molecule has 0 saturated carbocycles. The van der Waals surface area contributed by atoms with Crippen molar-refractivity contribution in [1.82, 2.24) is 0 Å². The molecule has 0 radical (unpaired) electrons. The predicted molar refractivity (Wildman–Crippen MR) is 119 cm³/mol. The van der Waals surface area contributed by atoms with Crippen LogP contribution in [0.5, 0.6) is 11.5 Å². The molecular weight excluding hydrogens is 412 g/mol. The fourth-order valence-corrected chi connectivity index (χ4v) is 3.65. The molecule has 0 spiro atoms. The van der Waals surface area contributed by atoms with Crippen molar-refractivity contribution in [2.45, 2.75) is 6.92 Å². The number of phenols is 1. The summed E-state index contributed by atoms with van der Waals surface area (Å²) in [6.07, 6.45) is 1.45. The average Bonchev–Trinajstić information content (AvgIpc) is 2.77. The molecule has 0 atom stereocenters. The SMILES string of the molecule is COc1cc(/C=C2\C(=O)N(c3cccc(C)c3)C(=O)c3ccccc32)cc([N+](=O)[O-])c1O. The number of fused-ring (bicyclic) bond motifs is 1. The van der Waals surface area contributed by atoms with Crippen molar-refractivity contribution in [2.24, 2.45) is 0 Å². The number of anilines is 1. The second-order valence-corrected chi connectivity index (χ2v) is 7.24. The maximum absolute atomic E-state index is 13.5. The quantitative estimate of drug-likeness (QED) is 0.285. The number of carbonyl (C=O) groups is 2. The lowest BCUT2D eigenvalue weighted by Crippen LogP contribution is -2.41. The molecule has 0 unspecified atom stereocenters. The van der Waals surface area contributed by atoms with Gasteiger partial charge in [-0.15, -0.1) is 0 Å². The minimum Gasteiger partial charge on any atom is -0.500 e. The Morgan fingerprint density at radius 3 is 2.38 bits per heavy atom. The average molecular weight is 430 g/mol. The highest BCUT2D eigenvalue weighted by Crippen LogP contribution is 2.39. The number of ether oxygens (including phenoxy) is 1. The number of nitrogens with zero attached hydrogens (tertiary/aromatic N) is 2. The molecule has 160 valence electrons. The van der Waals surface area contributed by atoms with E-state index in [0.29, 0.717) is 16.8 Å². The Kier molecular flexibility index (Phi) is 5.19. The summed E-state index contributed by atoms with van der Waals surface area (Å²) in [6.45, 7) is 1.86. The van der Waals surface area contributed by atoms with E-state index in [2.05, 4.69) is 0 Å². The molecule has 0 bridgehead atoms. The zero-order valence-corrected chi connectivity index (χ0v) is 17.2. The van der Waals surface area contributed by atoms with E-state index in [1.807, 2.05) is 13.0 Å². The van der Waals surface area contributed by atoms with Crippen molar-refractivity contribution in [2.75, 3.05) is 12.0 Å². The normalized spacial score (nSPS) is 14.4. The van der Waals surface area contributed by atoms with E-state index in [1.54, 1.807) is 42.5 Å². The van der Waals surface area contributed by atoms with Crippen LogP contribution in [0.2, 0.25) is 0 Å². The van der Waals surface area contributed by atoms with Crippen LogP contribution in [0.1, 0.15) is 27.0 Å². The highest BCUT2D eigenvalue weighted by Gasteiger charge is 2.36. The number of hydrogen-bond acceptors (Lipinski definition) is 6. The fourth-order valence-electron chi connectivity index (χ4n) is 3.65. The first-order valence-electron chi connectivity index (χ1n) is 9.63. The van der Waals surface area contributed by atoms with E-state index >= 15 is 0 Å². The molecule has 3 aromatic rings. The summed E-state index contributed by atoms with van der Waals surface area (Å²) in [5.41, 5.74) is 1.95. The number of amides is 2. The Balaban J connectivity index is 1.93. The number of carbonyl (C=O) groups excluding carboxylic acids is 2. The van der Waals surface area contributed by atoms with Gasteiger partial charge in [-0.1, -0.05) is 30.3 Å². The second-order valence-electron chi connectivity index (χ2n) is 7.24. The summed E-state index contributed by atoms with van der Waals surface area (Å²) in [6, 6.07) is 16.2. The topological polar surface area (TPSA) is 110 Å². The monoisotopic (exact) mass is 430 g/mol. The number of imide groups is 1. The number of benzene rings is 3. The number of aryl methyl sites for hydroxylation is 1. The predicted octanol–water partition coefficient (Wildman–Crippen LogP) is 4.35. The van der Waals surface area contributed by atoms with Crippen molar-refractivity contribution >= 4 is 34.8 Å². The molecule has 0 fully saturated rings. The highest BCUT2D eigenvalue weighted by molar-refractivity contribution is 6.43. The molecule has 1 aliphatic heterocycles. The number of hydrogen-bond donors (Lipinski definition) is 1. The van der Waals surface area contributed by atoms with Crippen LogP contribution in [0.25, 0.3) is 11.6 Å². The van der Waals surface area contributed by atoms with Gasteiger partial charge in [-0.05, 0) is 54.0 Å². The second kappa shape index (κ2) is 7.99. The molecule has 0 aliphatic carbocycles. The van der Waals surface area contributed by atoms with E-state index in [0.717, 1.165) is 16.5 Å². The van der Waals surface area contributed by atoms with E-state index in [9.17, 15) is 24.8 Å². The third-order valence-electron chi connectivity index (χ3n) is 5.15. The fraction of sp³-hybridized carbons (Fsp3) is 0.0833. The maximum Gasteiger partial charge on any atom is 0.315 e. The minimum atomic E-state index is -0.737. The molecule has 32 heavy (non-hydrogen) atoms. The number of methoxy groups -OCH3 is 1. The summed E-state index contributed by atoms with van der Waals surface area (Å²) in [7, 11) is 1.27. The molecule has 0 saturated heterocycles. The van der Waals surface area contributed by atoms with Crippen LogP contribution in [0, 0.1) is 17.0 Å². The Hall–Kier alpha value is -4.46. The van der Waals surface area contributed by atoms with Crippen LogP contribution < -0.4 is 9.64 Å². The molecule has 1 heterocycles.